The lowest BCUT2D eigenvalue weighted by molar-refractivity contribution is -0.116. The molecule has 0 amide bonds. The van der Waals surface area contributed by atoms with E-state index in [0.717, 1.165) is 74.0 Å². The number of hydrogen-bond acceptors (Lipinski definition) is 15. The molecule has 6 aliphatic carbocycles. The summed E-state index contributed by atoms with van der Waals surface area (Å²) in [6.07, 6.45) is 10.1. The SMILES string of the molecule is N=C(ON)c1cc(F)c2nc(C3(O)[C@@H]4CC[C@H]3CC(OCc3c(-c5c(Cl)cccc5Cl)noc3C3CC3)C4)sc2c1.[C-]#[N+]c1cc(F)c2nc(C3(O)[C@@H]4CC[C@H]3CC(OCc3c(-c5c(Cl)cccc5Cl)noc3C3CC3)C4)sc2c1. The molecule has 4 aromatic heterocycles. The number of fused-ring (bicyclic) bond motifs is 6. The molecule has 6 aliphatic rings. The smallest absolute Gasteiger partial charge is 0.237 e. The van der Waals surface area contributed by atoms with E-state index < -0.39 is 22.8 Å². The van der Waals surface area contributed by atoms with Crippen molar-refractivity contribution in [3.63, 3.8) is 0 Å². The molecule has 414 valence electrons. The van der Waals surface area contributed by atoms with Gasteiger partial charge >= 0.3 is 0 Å². The van der Waals surface area contributed by atoms with Crippen LogP contribution in [0.3, 0.4) is 0 Å². The van der Waals surface area contributed by atoms with Crippen molar-refractivity contribution < 1.29 is 42.4 Å². The number of halogens is 6. The van der Waals surface area contributed by atoms with Crippen molar-refractivity contribution in [1.29, 1.82) is 5.41 Å². The van der Waals surface area contributed by atoms with Gasteiger partial charge < -0.3 is 33.6 Å². The third-order valence-electron chi connectivity index (χ3n) is 17.3. The molecular weight excluding hydrogens is 1150 g/mol. The number of nitrogens with one attached hydrogen (secondary N) is 1. The highest BCUT2D eigenvalue weighted by Crippen LogP contribution is 2.59. The number of aliphatic hydroxyl groups is 2. The summed E-state index contributed by atoms with van der Waals surface area (Å²) in [5.41, 5.74) is 2.85. The van der Waals surface area contributed by atoms with Gasteiger partial charge in [0.15, 0.2) is 11.5 Å². The molecule has 6 saturated carbocycles. The fraction of sp³-hybridized carbons (Fsp3) is 0.414. The second-order valence-electron chi connectivity index (χ2n) is 22.1. The predicted octanol–water partition coefficient (Wildman–Crippen LogP) is 15.5. The van der Waals surface area contributed by atoms with Crippen LogP contribution in [0.4, 0.5) is 14.5 Å². The average Bonchev–Trinajstić information content (AvgIpc) is 4.22. The van der Waals surface area contributed by atoms with E-state index in [1.165, 1.54) is 34.8 Å². The van der Waals surface area contributed by atoms with Gasteiger partial charge in [-0.15, -0.1) is 22.7 Å². The summed E-state index contributed by atoms with van der Waals surface area (Å²) >= 11 is 28.6. The van der Waals surface area contributed by atoms with Gasteiger partial charge in [-0.25, -0.2) is 23.6 Å². The summed E-state index contributed by atoms with van der Waals surface area (Å²) in [6.45, 7) is 7.85. The van der Waals surface area contributed by atoms with Gasteiger partial charge in [0.1, 0.15) is 61.0 Å². The predicted molar refractivity (Wildman–Crippen MR) is 301 cm³/mol. The number of nitrogens with two attached hydrogens (primary N) is 1. The molecule has 4 aromatic carbocycles. The maximum Gasteiger partial charge on any atom is 0.237 e. The van der Waals surface area contributed by atoms with Crippen molar-refractivity contribution in [2.24, 2.45) is 29.6 Å². The van der Waals surface area contributed by atoms with Crippen molar-refractivity contribution in [1.82, 2.24) is 20.3 Å². The van der Waals surface area contributed by atoms with E-state index in [-0.39, 0.29) is 64.1 Å². The molecule has 80 heavy (non-hydrogen) atoms. The van der Waals surface area contributed by atoms with Crippen LogP contribution in [0.1, 0.15) is 127 Å². The van der Waals surface area contributed by atoms with Crippen LogP contribution in [0.25, 0.3) is 47.8 Å². The van der Waals surface area contributed by atoms with E-state index in [2.05, 4.69) is 30.0 Å². The second kappa shape index (κ2) is 21.2. The van der Waals surface area contributed by atoms with Crippen molar-refractivity contribution in [2.75, 3.05) is 0 Å². The Hall–Kier alpha value is -5.14. The lowest BCUT2D eigenvalue weighted by atomic mass is 9.73. The monoisotopic (exact) mass is 1200 g/mol. The molecule has 14 rings (SSSR count). The zero-order chi connectivity index (χ0) is 55.4. The maximum absolute atomic E-state index is 14.9. The average molecular weight is 1200 g/mol. The Morgan fingerprint density at radius 3 is 1.48 bits per heavy atom. The molecule has 4 heterocycles. The minimum Gasteiger partial charge on any atom is -0.391 e. The van der Waals surface area contributed by atoms with Crippen LogP contribution in [-0.4, -0.2) is 48.6 Å². The Morgan fingerprint density at radius 1 is 0.662 bits per heavy atom. The van der Waals surface area contributed by atoms with Gasteiger partial charge in [0, 0.05) is 44.4 Å². The standard InChI is InChI=1S/C29H27Cl2FN4O4S.C29H24Cl2FN3O3S/c30-19-2-1-3-20(31)23(19)24-18(26(40-36-24)13-4-5-13)12-38-17-10-15-6-7-16(11-17)29(15,37)28-35-25-21(32)8-14(27(33)39-34)9-22(25)41-28;1-33-17-11-22(32)26-23(12-17)39-28(34-26)29(36)15-7-8-16(29)10-18(9-15)37-13-19-25(35-38-27(19)14-5-6-14)24-20(30)3-2-4-21(24)31/h1-3,8-9,13,15-17,33,37H,4-7,10-12,34H2;2-4,11-12,14-16,18,36H,5-10,13H2/t15-,16+,17?,29?;15-,16+,18?,29?. The zero-order valence-electron chi connectivity index (χ0n) is 42.6. The highest BCUT2D eigenvalue weighted by atomic mass is 35.5. The van der Waals surface area contributed by atoms with E-state index >= 15 is 0 Å². The van der Waals surface area contributed by atoms with Gasteiger partial charge in [0.05, 0.1) is 56.8 Å². The molecule has 22 heteroatoms. The van der Waals surface area contributed by atoms with Crippen LogP contribution in [0.15, 0.2) is 69.7 Å². The molecule has 6 fully saturated rings. The quantitative estimate of drug-likeness (QED) is 0.0369. The summed E-state index contributed by atoms with van der Waals surface area (Å²) in [6, 6.07) is 16.4. The van der Waals surface area contributed by atoms with Gasteiger partial charge in [0.25, 0.3) is 0 Å². The van der Waals surface area contributed by atoms with E-state index in [0.29, 0.717) is 113 Å². The molecule has 8 aromatic rings. The highest BCUT2D eigenvalue weighted by Gasteiger charge is 2.58. The molecule has 4 unspecified atom stereocenters. The lowest BCUT2D eigenvalue weighted by Crippen LogP contribution is -2.44. The third-order valence-corrected chi connectivity index (χ3v) is 20.9. The number of rotatable bonds is 13. The third kappa shape index (κ3) is 9.51. The Bertz CT molecular complexity index is 3730. The van der Waals surface area contributed by atoms with E-state index in [4.69, 9.17) is 82.8 Å². The van der Waals surface area contributed by atoms with Crippen LogP contribution in [-0.2, 0) is 38.7 Å². The number of thiazole rings is 2. The molecule has 0 aliphatic heterocycles. The van der Waals surface area contributed by atoms with Crippen LogP contribution in [0.5, 0.6) is 0 Å². The number of hydrogen-bond donors (Lipinski definition) is 4. The minimum atomic E-state index is -1.17. The Balaban J connectivity index is 0.000000151. The Morgan fingerprint density at radius 2 is 1.07 bits per heavy atom. The Labute approximate surface area is 485 Å². The van der Waals surface area contributed by atoms with Crippen LogP contribution < -0.4 is 5.90 Å². The summed E-state index contributed by atoms with van der Waals surface area (Å²) in [5, 5.41) is 43.6. The lowest BCUT2D eigenvalue weighted by Gasteiger charge is -2.41. The van der Waals surface area contributed by atoms with E-state index in [1.54, 1.807) is 48.5 Å². The molecular formula is C58H51Cl4F2N7O7S2. The Kier molecular flexibility index (Phi) is 14.4. The second-order valence-corrected chi connectivity index (χ2v) is 25.8. The minimum absolute atomic E-state index is 0.0481. The first kappa shape index (κ1) is 54.1. The maximum atomic E-state index is 14.9. The van der Waals surface area contributed by atoms with Crippen molar-refractivity contribution >= 4 is 101 Å². The summed E-state index contributed by atoms with van der Waals surface area (Å²) in [7, 11) is 0. The summed E-state index contributed by atoms with van der Waals surface area (Å²) < 4.78 is 55.2. The highest BCUT2D eigenvalue weighted by molar-refractivity contribution is 7.19. The van der Waals surface area contributed by atoms with Gasteiger partial charge in [-0.1, -0.05) is 68.8 Å². The van der Waals surface area contributed by atoms with Crippen molar-refractivity contribution in [2.45, 2.75) is 126 Å². The van der Waals surface area contributed by atoms with Gasteiger partial charge in [-0.3, -0.25) is 5.41 Å². The van der Waals surface area contributed by atoms with Crippen LogP contribution >= 0.6 is 69.1 Å². The molecule has 5 N–H and O–H groups in total. The van der Waals surface area contributed by atoms with Crippen molar-refractivity contribution in [3.8, 4) is 22.5 Å². The van der Waals surface area contributed by atoms with Crippen molar-refractivity contribution in [3.05, 3.63) is 142 Å². The summed E-state index contributed by atoms with van der Waals surface area (Å²) in [5.74, 6) is 5.73. The van der Waals surface area contributed by atoms with E-state index in [9.17, 15) is 19.0 Å². The number of aromatic nitrogens is 4. The first-order valence-corrected chi connectivity index (χ1v) is 29.9. The zero-order valence-corrected chi connectivity index (χ0v) is 47.3. The van der Waals surface area contributed by atoms with Gasteiger partial charge in [-0.2, -0.15) is 5.90 Å². The van der Waals surface area contributed by atoms with Crippen LogP contribution in [0.2, 0.25) is 20.1 Å². The fourth-order valence-electron chi connectivity index (χ4n) is 13.0. The molecule has 8 atom stereocenters. The van der Waals surface area contributed by atoms with Gasteiger partial charge in [0.2, 0.25) is 5.90 Å². The summed E-state index contributed by atoms with van der Waals surface area (Å²) in [4.78, 5) is 16.9. The topological polar surface area (TPSA) is 200 Å². The molecule has 0 saturated heterocycles. The van der Waals surface area contributed by atoms with Gasteiger partial charge in [-0.05, 0) is 149 Å². The molecule has 0 spiro atoms. The number of benzene rings is 4. The number of nitrogens with zero attached hydrogens (tertiary/aromatic N) is 5. The molecule has 0 radical (unpaired) electrons. The molecule has 4 bridgehead atoms. The molecule has 14 nitrogen and oxygen atoms in total. The van der Waals surface area contributed by atoms with E-state index in [1.807, 2.05) is 0 Å². The number of ether oxygens (including phenoxy) is 2. The first-order chi connectivity index (χ1) is 38.6. The fourth-order valence-corrected chi connectivity index (χ4v) is 16.7. The first-order valence-electron chi connectivity index (χ1n) is 26.7. The van der Waals surface area contributed by atoms with Crippen LogP contribution in [0, 0.1) is 47.3 Å². The normalized spacial score (nSPS) is 25.9. The largest absolute Gasteiger partial charge is 0.391 e.